The zero-order chi connectivity index (χ0) is 23.3. The van der Waals surface area contributed by atoms with Crippen LogP contribution >= 0.6 is 0 Å². The van der Waals surface area contributed by atoms with E-state index in [2.05, 4.69) is 10.6 Å². The highest BCUT2D eigenvalue weighted by Crippen LogP contribution is 2.30. The van der Waals surface area contributed by atoms with Crippen LogP contribution in [0.15, 0.2) is 36.4 Å². The van der Waals surface area contributed by atoms with Crippen LogP contribution in [0.4, 0.5) is 0 Å². The molecule has 1 aliphatic rings. The second-order valence-electron chi connectivity index (χ2n) is 8.21. The molecule has 0 saturated carbocycles. The highest BCUT2D eigenvalue weighted by atomic mass is 16.3. The van der Waals surface area contributed by atoms with Crippen LogP contribution in [0.1, 0.15) is 24.0 Å². The number of amides is 2. The van der Waals surface area contributed by atoms with Gasteiger partial charge in [-0.05, 0) is 72.3 Å². The van der Waals surface area contributed by atoms with Crippen molar-refractivity contribution in [2.45, 2.75) is 43.8 Å². The maximum Gasteiger partial charge on any atom is 0.240 e. The van der Waals surface area contributed by atoms with Gasteiger partial charge in [-0.1, -0.05) is 12.1 Å². The van der Waals surface area contributed by atoms with Crippen LogP contribution in [0, 0.1) is 0 Å². The van der Waals surface area contributed by atoms with E-state index in [4.69, 9.17) is 17.2 Å². The summed E-state index contributed by atoms with van der Waals surface area (Å²) in [6.07, 6.45) is 1.50. The molecule has 10 N–H and O–H groups in total. The van der Waals surface area contributed by atoms with Gasteiger partial charge < -0.3 is 38.0 Å². The Morgan fingerprint density at radius 3 is 2.19 bits per heavy atom. The van der Waals surface area contributed by atoms with E-state index < -0.39 is 18.0 Å². The van der Waals surface area contributed by atoms with Crippen LogP contribution in [-0.4, -0.2) is 53.2 Å². The molecule has 172 valence electrons. The Bertz CT molecular complexity index is 981. The summed E-state index contributed by atoms with van der Waals surface area (Å²) in [6.45, 7) is 0.736. The first-order valence-corrected chi connectivity index (χ1v) is 10.7. The SMILES string of the molecule is NCCC[C@@H]1NC[C@@H](N)Cc2cc(ccc2O)-c2ccc(O)c(c2)C[C@@H](C(N)=O)NC1=O. The summed E-state index contributed by atoms with van der Waals surface area (Å²) in [5.74, 6) is -0.951. The number of phenolic OH excluding ortho intramolecular Hbond substituents is 2. The van der Waals surface area contributed by atoms with Gasteiger partial charge in [0.15, 0.2) is 0 Å². The Morgan fingerprint density at radius 2 is 1.62 bits per heavy atom. The van der Waals surface area contributed by atoms with Gasteiger partial charge >= 0.3 is 0 Å². The fraction of sp³-hybridized carbons (Fsp3) is 0.391. The summed E-state index contributed by atoms with van der Waals surface area (Å²) in [4.78, 5) is 25.0. The van der Waals surface area contributed by atoms with E-state index >= 15 is 0 Å². The van der Waals surface area contributed by atoms with Crippen molar-refractivity contribution < 1.29 is 19.8 Å². The van der Waals surface area contributed by atoms with Gasteiger partial charge in [0.05, 0.1) is 6.04 Å². The molecule has 2 amide bonds. The first kappa shape index (κ1) is 23.5. The van der Waals surface area contributed by atoms with Crippen LogP contribution < -0.4 is 27.8 Å². The van der Waals surface area contributed by atoms with E-state index in [9.17, 15) is 19.8 Å². The Balaban J connectivity index is 2.03. The number of rotatable bonds is 4. The second kappa shape index (κ2) is 10.4. The van der Waals surface area contributed by atoms with Crippen molar-refractivity contribution in [3.63, 3.8) is 0 Å². The molecule has 0 radical (unpaired) electrons. The Hall–Kier alpha value is -3.14. The standard InChI is InChI=1S/C23H31N5O4/c24-7-1-2-18-23(32)28-19(22(26)31)11-16-9-14(4-6-21(16)30)13-3-5-20(29)15(8-13)10-17(25)12-27-18/h3-6,8-9,17-19,27,29-30H,1-2,7,10-12,24-25H2,(H2,26,31)(H,28,32)/t17-,18-,19-/m0/s1. The van der Waals surface area contributed by atoms with Gasteiger partial charge in [0, 0.05) is 19.0 Å². The van der Waals surface area contributed by atoms with Gasteiger partial charge in [-0.3, -0.25) is 9.59 Å². The predicted molar refractivity (Wildman–Crippen MR) is 122 cm³/mol. The Morgan fingerprint density at radius 1 is 1.03 bits per heavy atom. The normalized spacial score (nSPS) is 21.8. The largest absolute Gasteiger partial charge is 0.508 e. The van der Waals surface area contributed by atoms with Crippen molar-refractivity contribution >= 4 is 11.8 Å². The number of primary amides is 1. The van der Waals surface area contributed by atoms with Crippen LogP contribution in [0.25, 0.3) is 11.1 Å². The lowest BCUT2D eigenvalue weighted by atomic mass is 9.95. The number of carbonyl (C=O) groups is 2. The van der Waals surface area contributed by atoms with Gasteiger partial charge in [-0.2, -0.15) is 0 Å². The molecule has 0 aliphatic carbocycles. The molecular formula is C23H31N5O4. The first-order chi connectivity index (χ1) is 15.3. The average molecular weight is 442 g/mol. The average Bonchev–Trinajstić information content (AvgIpc) is 2.75. The monoisotopic (exact) mass is 441 g/mol. The van der Waals surface area contributed by atoms with Gasteiger partial charge in [0.1, 0.15) is 17.5 Å². The maximum absolute atomic E-state index is 12.9. The van der Waals surface area contributed by atoms with Crippen molar-refractivity contribution in [2.75, 3.05) is 13.1 Å². The number of phenols is 2. The lowest BCUT2D eigenvalue weighted by Crippen LogP contribution is -2.54. The van der Waals surface area contributed by atoms with Gasteiger partial charge in [0.2, 0.25) is 11.8 Å². The number of hydrogen-bond donors (Lipinski definition) is 7. The molecule has 3 rings (SSSR count). The summed E-state index contributed by atoms with van der Waals surface area (Å²) in [6, 6.07) is 8.28. The Kier molecular flexibility index (Phi) is 7.68. The molecule has 3 atom stereocenters. The summed E-state index contributed by atoms with van der Waals surface area (Å²) in [7, 11) is 0. The summed E-state index contributed by atoms with van der Waals surface area (Å²) < 4.78 is 0. The van der Waals surface area contributed by atoms with Crippen molar-refractivity contribution in [2.24, 2.45) is 17.2 Å². The predicted octanol–water partition coefficient (Wildman–Crippen LogP) is -0.142. The molecule has 9 nitrogen and oxygen atoms in total. The molecule has 9 heteroatoms. The zero-order valence-electron chi connectivity index (χ0n) is 17.9. The second-order valence-corrected chi connectivity index (χ2v) is 8.21. The molecule has 2 aromatic carbocycles. The fourth-order valence-electron chi connectivity index (χ4n) is 3.87. The number of nitrogens with one attached hydrogen (secondary N) is 2. The highest BCUT2D eigenvalue weighted by Gasteiger charge is 2.26. The number of carbonyl (C=O) groups excluding carboxylic acids is 2. The fourth-order valence-corrected chi connectivity index (χ4v) is 3.87. The molecule has 0 saturated heterocycles. The van der Waals surface area contributed by atoms with E-state index in [-0.39, 0.29) is 29.9 Å². The van der Waals surface area contributed by atoms with Crippen molar-refractivity contribution in [3.05, 3.63) is 47.5 Å². The molecule has 0 aromatic heterocycles. The van der Waals surface area contributed by atoms with E-state index in [1.54, 1.807) is 24.3 Å². The topological polar surface area (TPSA) is 177 Å². The molecule has 0 fully saturated rings. The van der Waals surface area contributed by atoms with Crippen LogP contribution in [0.2, 0.25) is 0 Å². The molecule has 0 spiro atoms. The zero-order valence-corrected chi connectivity index (χ0v) is 17.9. The quantitative estimate of drug-likeness (QED) is 0.345. The van der Waals surface area contributed by atoms with Crippen molar-refractivity contribution in [1.82, 2.24) is 10.6 Å². The first-order valence-electron chi connectivity index (χ1n) is 10.7. The lowest BCUT2D eigenvalue weighted by molar-refractivity contribution is -0.128. The molecule has 4 bridgehead atoms. The number of nitrogens with two attached hydrogens (primary N) is 3. The minimum absolute atomic E-state index is 0.00241. The number of aromatic hydroxyl groups is 2. The number of benzene rings is 2. The number of fused-ring (bicyclic) bond motifs is 5. The molecule has 0 unspecified atom stereocenters. The van der Waals surface area contributed by atoms with Gasteiger partial charge in [-0.25, -0.2) is 0 Å². The van der Waals surface area contributed by atoms with E-state index in [1.165, 1.54) is 6.07 Å². The van der Waals surface area contributed by atoms with Crippen LogP contribution in [0.3, 0.4) is 0 Å². The van der Waals surface area contributed by atoms with Crippen molar-refractivity contribution in [3.8, 4) is 22.6 Å². The molecular weight excluding hydrogens is 410 g/mol. The Labute approximate surface area is 187 Å². The van der Waals surface area contributed by atoms with Gasteiger partial charge in [0.25, 0.3) is 0 Å². The minimum atomic E-state index is -1.000. The molecule has 32 heavy (non-hydrogen) atoms. The third kappa shape index (κ3) is 5.76. The molecule has 2 aromatic rings. The highest BCUT2D eigenvalue weighted by molar-refractivity contribution is 5.89. The van der Waals surface area contributed by atoms with E-state index in [0.29, 0.717) is 43.5 Å². The minimum Gasteiger partial charge on any atom is -0.508 e. The summed E-state index contributed by atoms with van der Waals surface area (Å²) >= 11 is 0. The van der Waals surface area contributed by atoms with Crippen LogP contribution in [-0.2, 0) is 22.4 Å². The van der Waals surface area contributed by atoms with Gasteiger partial charge in [-0.15, -0.1) is 0 Å². The molecule has 1 heterocycles. The van der Waals surface area contributed by atoms with E-state index in [1.807, 2.05) is 6.07 Å². The maximum atomic E-state index is 12.9. The summed E-state index contributed by atoms with van der Waals surface area (Å²) in [5, 5.41) is 26.5. The lowest BCUT2D eigenvalue weighted by Gasteiger charge is -2.23. The third-order valence-corrected chi connectivity index (χ3v) is 5.70. The third-order valence-electron chi connectivity index (χ3n) is 5.70. The number of hydrogen-bond acceptors (Lipinski definition) is 7. The summed E-state index contributed by atoms with van der Waals surface area (Å²) in [5.41, 5.74) is 20.2. The van der Waals surface area contributed by atoms with Crippen LogP contribution in [0.5, 0.6) is 11.5 Å². The molecule has 1 aliphatic heterocycles. The van der Waals surface area contributed by atoms with Crippen molar-refractivity contribution in [1.29, 1.82) is 0 Å². The smallest absolute Gasteiger partial charge is 0.240 e. The van der Waals surface area contributed by atoms with E-state index in [0.717, 1.165) is 11.1 Å².